The van der Waals surface area contributed by atoms with Gasteiger partial charge in [0.05, 0.1) is 68.3 Å². The number of aryl methyl sites for hydroxylation is 4. The molecule has 0 aliphatic heterocycles. The maximum absolute atomic E-state index is 11.7. The number of hydrogen-bond donors (Lipinski definition) is 0. The molecule has 3 aliphatic carbocycles. The number of thiazole rings is 1. The predicted octanol–water partition coefficient (Wildman–Crippen LogP) is 13.3. The summed E-state index contributed by atoms with van der Waals surface area (Å²) in [6.45, 7) is 10.1. The Bertz CT molecular complexity index is 3950. The summed E-state index contributed by atoms with van der Waals surface area (Å²) in [7, 11) is 7.80. The molecule has 17 heteroatoms. The van der Waals surface area contributed by atoms with E-state index in [1.165, 1.54) is 10.9 Å². The van der Waals surface area contributed by atoms with E-state index in [0.717, 1.165) is 103 Å². The number of ketones is 3. The molecule has 0 bridgehead atoms. The fourth-order valence-electron chi connectivity index (χ4n) is 11.7. The second-order valence-electron chi connectivity index (χ2n) is 22.8. The van der Waals surface area contributed by atoms with Gasteiger partial charge < -0.3 is 23.5 Å². The molecule has 6 aromatic heterocycles. The summed E-state index contributed by atoms with van der Waals surface area (Å²) in [5.74, 6) is 4.94. The van der Waals surface area contributed by atoms with Gasteiger partial charge in [-0.25, -0.2) is 9.97 Å². The topological polar surface area (TPSA) is 172 Å². The molecular formula is C65H71N9O7S. The number of fused-ring (bicyclic) bond motifs is 4. The third-order valence-electron chi connectivity index (χ3n) is 16.3. The fraction of sp³-hybridized carbons (Fsp3) is 0.385. The molecular weight excluding hydrogens is 1050 g/mol. The van der Waals surface area contributed by atoms with Gasteiger partial charge in [0.25, 0.3) is 0 Å². The maximum atomic E-state index is 11.7. The zero-order chi connectivity index (χ0) is 57.3. The Morgan fingerprint density at radius 1 is 0.512 bits per heavy atom. The van der Waals surface area contributed by atoms with Crippen LogP contribution in [0.4, 0.5) is 0 Å². The number of Topliss-reactive ketones (excluding diaryl/α,β-unsaturated/α-hetero) is 3. The zero-order valence-corrected chi connectivity index (χ0v) is 49.0. The van der Waals surface area contributed by atoms with Crippen LogP contribution in [0.25, 0.3) is 77.1 Å². The quantitative estimate of drug-likeness (QED) is 0.101. The van der Waals surface area contributed by atoms with E-state index in [9.17, 15) is 14.4 Å². The molecule has 3 fully saturated rings. The highest BCUT2D eigenvalue weighted by molar-refractivity contribution is 7.07. The van der Waals surface area contributed by atoms with Crippen molar-refractivity contribution in [2.75, 3.05) is 0 Å². The number of carbonyl (C=O) groups excluding carboxylic acids is 3. The van der Waals surface area contributed by atoms with Crippen molar-refractivity contribution in [2.45, 2.75) is 117 Å². The first-order chi connectivity index (χ1) is 39.5. The van der Waals surface area contributed by atoms with Gasteiger partial charge in [0.15, 0.2) is 0 Å². The molecule has 6 atom stereocenters. The zero-order valence-electron chi connectivity index (χ0n) is 48.2. The van der Waals surface area contributed by atoms with Crippen LogP contribution in [0.5, 0.6) is 23.1 Å². The van der Waals surface area contributed by atoms with E-state index in [4.69, 9.17) is 18.9 Å². The van der Waals surface area contributed by atoms with Crippen molar-refractivity contribution in [1.82, 2.24) is 43.9 Å². The van der Waals surface area contributed by atoms with E-state index < -0.39 is 0 Å². The molecule has 0 unspecified atom stereocenters. The summed E-state index contributed by atoms with van der Waals surface area (Å²) in [5, 5.41) is 19.9. The molecule has 16 nitrogen and oxygen atoms in total. The lowest BCUT2D eigenvalue weighted by Crippen LogP contribution is -2.21. The minimum absolute atomic E-state index is 0.00305. The van der Waals surface area contributed by atoms with Crippen LogP contribution in [0, 0.1) is 17.8 Å². The van der Waals surface area contributed by atoms with Gasteiger partial charge in [0.2, 0.25) is 5.88 Å². The van der Waals surface area contributed by atoms with Gasteiger partial charge in [-0.15, -0.1) is 11.3 Å². The van der Waals surface area contributed by atoms with E-state index in [1.54, 1.807) is 20.7 Å². The van der Waals surface area contributed by atoms with Crippen molar-refractivity contribution >= 4 is 72.3 Å². The number of aromatic nitrogens is 9. The number of hydrogen-bond acceptors (Lipinski definition) is 13. The first-order valence-electron chi connectivity index (χ1n) is 28.5. The van der Waals surface area contributed by atoms with Crippen molar-refractivity contribution in [1.29, 1.82) is 0 Å². The van der Waals surface area contributed by atoms with Crippen LogP contribution in [-0.2, 0) is 42.6 Å². The minimum Gasteiger partial charge on any atom is -0.490 e. The van der Waals surface area contributed by atoms with Crippen LogP contribution in [-0.4, -0.2) is 85.6 Å². The summed E-state index contributed by atoms with van der Waals surface area (Å²) in [4.78, 5) is 43.7. The third-order valence-corrected chi connectivity index (χ3v) is 16.8. The van der Waals surface area contributed by atoms with Crippen molar-refractivity contribution in [3.63, 3.8) is 0 Å². The maximum Gasteiger partial charge on any atom is 0.213 e. The monoisotopic (exact) mass is 1120 g/mol. The standard InChI is InChI=1S/C24H25N3O2.C23H27N3O3.C18H19N3O2S/c1-15(16-4-6-20(28)11-16)29-24-13-19(12-22-21(24)14-27(3)25-22)17-5-7-23-18(10-17)8-9-26(23)2;1-14(2)28-23-8-6-17(12-24-23)18-10-21-20(13-26(4)25-21)22(11-18)29-15(3)16-5-7-19(27)9-16;1-11(12-3-4-14(22)5-12)23-18-7-13(17-9-24-10-19-17)6-16-15(18)8-21(2)20-16/h5,7-10,12-16H,4,6,11H2,1-3H3;6,8,10-16H,5,7,9H2,1-4H3;6-12H,3-5H2,1-2H3/t2*15-,16+;11-,12+/m111/s1. The Morgan fingerprint density at radius 2 is 0.976 bits per heavy atom. The predicted molar refractivity (Wildman–Crippen MR) is 321 cm³/mol. The van der Waals surface area contributed by atoms with Gasteiger partial charge >= 0.3 is 0 Å². The third kappa shape index (κ3) is 12.5. The molecule has 0 N–H and O–H groups in total. The van der Waals surface area contributed by atoms with E-state index in [1.807, 2.05) is 112 Å². The number of rotatable bonds is 14. The second-order valence-corrected chi connectivity index (χ2v) is 23.6. The highest BCUT2D eigenvalue weighted by atomic mass is 32.1. The van der Waals surface area contributed by atoms with E-state index in [0.29, 0.717) is 73.6 Å². The van der Waals surface area contributed by atoms with Crippen LogP contribution in [0.3, 0.4) is 0 Å². The summed E-state index contributed by atoms with van der Waals surface area (Å²) in [6.07, 6.45) is 16.5. The van der Waals surface area contributed by atoms with Crippen LogP contribution in [0.15, 0.2) is 115 Å². The molecule has 3 aliphatic rings. The number of pyridine rings is 1. The molecule has 0 spiro atoms. The highest BCUT2D eigenvalue weighted by Crippen LogP contribution is 2.39. The molecule has 6 heterocycles. The molecule has 3 saturated carbocycles. The molecule has 0 amide bonds. The van der Waals surface area contributed by atoms with Crippen molar-refractivity contribution in [3.05, 3.63) is 115 Å². The van der Waals surface area contributed by atoms with Gasteiger partial charge in [0, 0.05) is 149 Å². The van der Waals surface area contributed by atoms with Crippen molar-refractivity contribution in [2.24, 2.45) is 45.9 Å². The van der Waals surface area contributed by atoms with Crippen LogP contribution in [0.1, 0.15) is 92.4 Å². The lowest BCUT2D eigenvalue weighted by Gasteiger charge is -2.21. The molecule has 82 heavy (non-hydrogen) atoms. The van der Waals surface area contributed by atoms with Gasteiger partial charge in [-0.1, -0.05) is 6.07 Å². The lowest BCUT2D eigenvalue weighted by molar-refractivity contribution is -0.118. The fourth-order valence-corrected chi connectivity index (χ4v) is 12.3. The average Bonchev–Trinajstić information content (AvgIpc) is 4.52. The highest BCUT2D eigenvalue weighted by Gasteiger charge is 2.31. The van der Waals surface area contributed by atoms with E-state index in [2.05, 4.69) is 100 Å². The Hall–Kier alpha value is -8.18. The Balaban J connectivity index is 0.000000130. The Kier molecular flexibility index (Phi) is 16.1. The Labute approximate surface area is 481 Å². The van der Waals surface area contributed by atoms with E-state index in [-0.39, 0.29) is 30.3 Å². The van der Waals surface area contributed by atoms with Gasteiger partial charge in [-0.3, -0.25) is 28.4 Å². The van der Waals surface area contributed by atoms with Crippen LogP contribution in [0.2, 0.25) is 0 Å². The van der Waals surface area contributed by atoms with Gasteiger partial charge in [-0.05, 0) is 131 Å². The van der Waals surface area contributed by atoms with Gasteiger partial charge in [0.1, 0.15) is 34.6 Å². The summed E-state index contributed by atoms with van der Waals surface area (Å²) in [6, 6.07) is 24.9. The molecule has 0 radical (unpaired) electrons. The second kappa shape index (κ2) is 23.7. The average molecular weight is 1120 g/mol. The number of carbonyl (C=O) groups is 3. The van der Waals surface area contributed by atoms with E-state index >= 15 is 0 Å². The van der Waals surface area contributed by atoms with Gasteiger partial charge in [-0.2, -0.15) is 15.3 Å². The first kappa shape index (κ1) is 55.7. The lowest BCUT2D eigenvalue weighted by atomic mass is 10.0. The molecule has 424 valence electrons. The Morgan fingerprint density at radius 3 is 1.40 bits per heavy atom. The summed E-state index contributed by atoms with van der Waals surface area (Å²) >= 11 is 1.57. The SMILES string of the molecule is CC(C)Oc1ccc(-c2cc(O[C@H](C)[C@H]3CCC(=O)C3)c3cn(C)nc3c2)cn1.C[C@@H](Oc1cc(-c2ccc3c(ccn3C)c2)cc2nn(C)cc12)[C@H]1CCC(=O)C1.C[C@@H](Oc1cc(-c2cscn2)cc2nn(C)cc12)[C@H]1CCC(=O)C1. The van der Waals surface area contributed by atoms with Crippen molar-refractivity contribution in [3.8, 4) is 56.6 Å². The number of ether oxygens (including phenoxy) is 4. The molecule has 0 saturated heterocycles. The van der Waals surface area contributed by atoms with Crippen LogP contribution >= 0.6 is 11.3 Å². The number of nitrogens with zero attached hydrogens (tertiary/aromatic N) is 9. The molecule has 4 aromatic carbocycles. The van der Waals surface area contributed by atoms with Crippen molar-refractivity contribution < 1.29 is 33.3 Å². The normalized spacial score (nSPS) is 18.3. The first-order valence-corrected chi connectivity index (χ1v) is 29.5. The summed E-state index contributed by atoms with van der Waals surface area (Å²) in [5.41, 5.74) is 11.9. The van der Waals surface area contributed by atoms with Crippen LogP contribution < -0.4 is 18.9 Å². The smallest absolute Gasteiger partial charge is 0.213 e. The summed E-state index contributed by atoms with van der Waals surface area (Å²) < 4.78 is 32.2. The largest absolute Gasteiger partial charge is 0.490 e. The number of benzene rings is 4. The minimum atomic E-state index is -0.0277. The molecule has 10 aromatic rings. The molecule has 13 rings (SSSR count).